The van der Waals surface area contributed by atoms with E-state index in [0.717, 1.165) is 0 Å². The van der Waals surface area contributed by atoms with E-state index in [4.69, 9.17) is 0 Å². The Morgan fingerprint density at radius 2 is 2.38 bits per heavy atom. The van der Waals surface area contributed by atoms with E-state index >= 15 is 0 Å². The van der Waals surface area contributed by atoms with Crippen LogP contribution < -0.4 is 10.9 Å². The van der Waals surface area contributed by atoms with Gasteiger partial charge in [-0.2, -0.15) is 0 Å². The molecule has 8 heteroatoms. The van der Waals surface area contributed by atoms with Crippen LogP contribution in [-0.4, -0.2) is 25.3 Å². The van der Waals surface area contributed by atoms with Gasteiger partial charge in [0.1, 0.15) is 11.4 Å². The molecule has 1 unspecified atom stereocenters. The maximum atomic E-state index is 12.3. The zero-order valence-corrected chi connectivity index (χ0v) is 12.1. The molecule has 1 amide bonds. The summed E-state index contributed by atoms with van der Waals surface area (Å²) in [5.74, 6) is 0.215. The smallest absolute Gasteiger partial charge is 0.271 e. The van der Waals surface area contributed by atoms with E-state index in [1.807, 2.05) is 6.92 Å². The highest BCUT2D eigenvalue weighted by molar-refractivity contribution is 7.15. The van der Waals surface area contributed by atoms with Crippen molar-refractivity contribution in [2.24, 2.45) is 0 Å². The molecular formula is C13H13N5O2S. The quantitative estimate of drug-likeness (QED) is 0.761. The van der Waals surface area contributed by atoms with Gasteiger partial charge in [-0.15, -0.1) is 11.3 Å². The van der Waals surface area contributed by atoms with Gasteiger partial charge in [-0.1, -0.05) is 6.92 Å². The predicted molar refractivity (Wildman–Crippen MR) is 78.4 cm³/mol. The highest BCUT2D eigenvalue weighted by atomic mass is 32.1. The van der Waals surface area contributed by atoms with Gasteiger partial charge in [0.25, 0.3) is 11.5 Å². The summed E-state index contributed by atoms with van der Waals surface area (Å²) in [6.45, 7) is 1.93. The molecule has 0 aliphatic rings. The molecule has 0 aliphatic heterocycles. The van der Waals surface area contributed by atoms with E-state index in [1.165, 1.54) is 21.9 Å². The van der Waals surface area contributed by atoms with Gasteiger partial charge in [0.05, 0.1) is 6.04 Å². The summed E-state index contributed by atoms with van der Waals surface area (Å²) in [4.78, 5) is 36.3. The van der Waals surface area contributed by atoms with Crippen LogP contribution in [0.15, 0.2) is 35.0 Å². The summed E-state index contributed by atoms with van der Waals surface area (Å²) in [6, 6.07) is -0.268. The molecule has 2 N–H and O–H groups in total. The average Bonchev–Trinajstić information content (AvgIpc) is 3.16. The first-order valence-electron chi connectivity index (χ1n) is 6.45. The Morgan fingerprint density at radius 1 is 1.52 bits per heavy atom. The number of aromatic amines is 1. The molecule has 0 bridgehead atoms. The number of carbonyl (C=O) groups excluding carboxylic acids is 1. The van der Waals surface area contributed by atoms with Crippen molar-refractivity contribution in [1.82, 2.24) is 24.7 Å². The topological polar surface area (TPSA) is 92.2 Å². The number of thiazole rings is 1. The van der Waals surface area contributed by atoms with Crippen molar-refractivity contribution < 1.29 is 4.79 Å². The zero-order chi connectivity index (χ0) is 14.8. The Kier molecular flexibility index (Phi) is 3.53. The normalized spacial score (nSPS) is 12.4. The number of nitrogens with one attached hydrogen (secondary N) is 2. The van der Waals surface area contributed by atoms with E-state index in [9.17, 15) is 9.59 Å². The van der Waals surface area contributed by atoms with Crippen molar-refractivity contribution in [2.75, 3.05) is 0 Å². The second kappa shape index (κ2) is 5.49. The van der Waals surface area contributed by atoms with E-state index < -0.39 is 5.91 Å². The lowest BCUT2D eigenvalue weighted by Gasteiger charge is -2.14. The largest absolute Gasteiger partial charge is 0.347 e. The highest BCUT2D eigenvalue weighted by Crippen LogP contribution is 2.12. The molecule has 3 heterocycles. The molecule has 3 aromatic rings. The Morgan fingerprint density at radius 3 is 3.10 bits per heavy atom. The van der Waals surface area contributed by atoms with Crippen molar-refractivity contribution >= 4 is 22.2 Å². The van der Waals surface area contributed by atoms with E-state index in [1.54, 1.807) is 24.0 Å². The third kappa shape index (κ3) is 2.45. The monoisotopic (exact) mass is 303 g/mol. The maximum absolute atomic E-state index is 12.3. The predicted octanol–water partition coefficient (Wildman–Crippen LogP) is 1.36. The Bertz CT molecular complexity index is 821. The molecule has 0 radical (unpaired) electrons. The minimum absolute atomic E-state index is 0.0240. The molecular weight excluding hydrogens is 290 g/mol. The molecule has 108 valence electrons. The SMILES string of the molecule is CCC(NC(=O)c1cnc2sccn2c1=O)c1ncc[nH]1. The molecule has 0 spiro atoms. The highest BCUT2D eigenvalue weighted by Gasteiger charge is 2.19. The molecule has 0 fully saturated rings. The van der Waals surface area contributed by atoms with Gasteiger partial charge < -0.3 is 10.3 Å². The minimum atomic E-state index is -0.448. The molecule has 0 aromatic carbocycles. The van der Waals surface area contributed by atoms with Gasteiger partial charge in [0.15, 0.2) is 4.96 Å². The second-order valence-corrected chi connectivity index (χ2v) is 5.31. The summed E-state index contributed by atoms with van der Waals surface area (Å²) in [6.07, 6.45) is 6.90. The van der Waals surface area contributed by atoms with Crippen molar-refractivity contribution in [3.05, 3.63) is 51.9 Å². The summed E-state index contributed by atoms with van der Waals surface area (Å²) < 4.78 is 1.37. The van der Waals surface area contributed by atoms with Crippen LogP contribution in [0.25, 0.3) is 4.96 Å². The fourth-order valence-corrected chi connectivity index (χ4v) is 2.72. The number of H-pyrrole nitrogens is 1. The van der Waals surface area contributed by atoms with Gasteiger partial charge in [0, 0.05) is 30.2 Å². The first kappa shape index (κ1) is 13.5. The number of fused-ring (bicyclic) bond motifs is 1. The van der Waals surface area contributed by atoms with Crippen molar-refractivity contribution in [1.29, 1.82) is 0 Å². The lowest BCUT2D eigenvalue weighted by Crippen LogP contribution is -2.34. The second-order valence-electron chi connectivity index (χ2n) is 4.44. The number of nitrogens with zero attached hydrogens (tertiary/aromatic N) is 3. The minimum Gasteiger partial charge on any atom is -0.347 e. The summed E-state index contributed by atoms with van der Waals surface area (Å²) in [5, 5.41) is 4.55. The van der Waals surface area contributed by atoms with Gasteiger partial charge in [-0.25, -0.2) is 9.97 Å². The molecule has 3 rings (SSSR count). The van der Waals surface area contributed by atoms with Crippen LogP contribution in [0.3, 0.4) is 0 Å². The molecule has 0 saturated carbocycles. The first-order chi connectivity index (χ1) is 10.2. The number of rotatable bonds is 4. The van der Waals surface area contributed by atoms with Gasteiger partial charge in [-0.3, -0.25) is 14.0 Å². The molecule has 7 nitrogen and oxygen atoms in total. The number of amides is 1. The number of hydrogen-bond acceptors (Lipinski definition) is 5. The Hall–Kier alpha value is -2.48. The van der Waals surface area contributed by atoms with Crippen LogP contribution in [-0.2, 0) is 0 Å². The summed E-state index contributed by atoms with van der Waals surface area (Å²) in [5.41, 5.74) is -0.344. The van der Waals surface area contributed by atoms with Crippen LogP contribution >= 0.6 is 11.3 Å². The molecule has 0 saturated heterocycles. The van der Waals surface area contributed by atoms with Crippen LogP contribution in [0.4, 0.5) is 0 Å². The number of aromatic nitrogens is 4. The number of hydrogen-bond donors (Lipinski definition) is 2. The fourth-order valence-electron chi connectivity index (χ4n) is 2.05. The summed E-state index contributed by atoms with van der Waals surface area (Å²) >= 11 is 1.34. The fraction of sp³-hybridized carbons (Fsp3) is 0.231. The van der Waals surface area contributed by atoms with Crippen LogP contribution in [0, 0.1) is 0 Å². The first-order valence-corrected chi connectivity index (χ1v) is 7.33. The van der Waals surface area contributed by atoms with E-state index in [-0.39, 0.29) is 17.2 Å². The number of carbonyl (C=O) groups is 1. The zero-order valence-electron chi connectivity index (χ0n) is 11.2. The Balaban J connectivity index is 1.90. The molecule has 3 aromatic heterocycles. The summed E-state index contributed by atoms with van der Waals surface area (Å²) in [7, 11) is 0. The molecule has 0 aliphatic carbocycles. The third-order valence-electron chi connectivity index (χ3n) is 3.15. The maximum Gasteiger partial charge on any atom is 0.271 e. The standard InChI is InChI=1S/C13H13N5O2S/c1-2-9(10-14-3-4-15-10)17-11(19)8-7-16-13-18(12(8)20)5-6-21-13/h3-7,9H,2H2,1H3,(H,14,15)(H,17,19). The van der Waals surface area contributed by atoms with Gasteiger partial charge >= 0.3 is 0 Å². The van der Waals surface area contributed by atoms with Crippen LogP contribution in [0.5, 0.6) is 0 Å². The lowest BCUT2D eigenvalue weighted by molar-refractivity contribution is 0.0932. The van der Waals surface area contributed by atoms with Crippen molar-refractivity contribution in [3.63, 3.8) is 0 Å². The van der Waals surface area contributed by atoms with Crippen molar-refractivity contribution in [2.45, 2.75) is 19.4 Å². The lowest BCUT2D eigenvalue weighted by atomic mass is 10.2. The molecule has 1 atom stereocenters. The van der Waals surface area contributed by atoms with E-state index in [0.29, 0.717) is 17.2 Å². The van der Waals surface area contributed by atoms with Crippen molar-refractivity contribution in [3.8, 4) is 0 Å². The third-order valence-corrected chi connectivity index (χ3v) is 3.92. The van der Waals surface area contributed by atoms with Gasteiger partial charge in [0.2, 0.25) is 0 Å². The molecule has 21 heavy (non-hydrogen) atoms. The average molecular weight is 303 g/mol. The van der Waals surface area contributed by atoms with Crippen LogP contribution in [0.1, 0.15) is 35.6 Å². The van der Waals surface area contributed by atoms with Crippen LogP contribution in [0.2, 0.25) is 0 Å². The van der Waals surface area contributed by atoms with E-state index in [2.05, 4.69) is 20.3 Å². The Labute approximate surface area is 123 Å². The van der Waals surface area contributed by atoms with Gasteiger partial charge in [-0.05, 0) is 6.42 Å². The number of imidazole rings is 1.